The summed E-state index contributed by atoms with van der Waals surface area (Å²) in [5.41, 5.74) is 0.506. The van der Waals surface area contributed by atoms with Crippen molar-refractivity contribution in [3.63, 3.8) is 0 Å². The van der Waals surface area contributed by atoms with E-state index in [9.17, 15) is 14.4 Å². The van der Waals surface area contributed by atoms with E-state index in [2.05, 4.69) is 5.32 Å². The van der Waals surface area contributed by atoms with Crippen LogP contribution in [-0.4, -0.2) is 35.4 Å². The number of carbonyl (C=O) groups is 3. The van der Waals surface area contributed by atoms with Crippen molar-refractivity contribution in [3.8, 4) is 5.75 Å². The Morgan fingerprint density at radius 3 is 2.40 bits per heavy atom. The maximum Gasteiger partial charge on any atom is 0.326 e. The number of carboxylic acid groups (broad SMARTS) is 1. The summed E-state index contributed by atoms with van der Waals surface area (Å²) in [7, 11) is 0. The average Bonchev–Trinajstić information content (AvgIpc) is 2.44. The fraction of sp³-hybridized carbons (Fsp3) is 0.357. The molecular weight excluding hydrogens is 262 g/mol. The van der Waals surface area contributed by atoms with Crippen LogP contribution in [0, 0.1) is 0 Å². The molecule has 0 saturated heterocycles. The molecule has 0 radical (unpaired) electrons. The molecule has 0 aliphatic rings. The van der Waals surface area contributed by atoms with Crippen molar-refractivity contribution in [2.24, 2.45) is 0 Å². The SMILES string of the molecule is CCC(NC(=O)C(C)Oc1ccc(C=O)cc1)C(=O)O. The van der Waals surface area contributed by atoms with Gasteiger partial charge < -0.3 is 15.2 Å². The first-order chi connectivity index (χ1) is 9.47. The van der Waals surface area contributed by atoms with Crippen molar-refractivity contribution in [2.75, 3.05) is 0 Å². The second-order valence-electron chi connectivity index (χ2n) is 4.25. The number of carbonyl (C=O) groups excluding carboxylic acids is 2. The summed E-state index contributed by atoms with van der Waals surface area (Å²) >= 11 is 0. The van der Waals surface area contributed by atoms with Crippen LogP contribution in [0.1, 0.15) is 30.6 Å². The van der Waals surface area contributed by atoms with Crippen molar-refractivity contribution < 1.29 is 24.2 Å². The van der Waals surface area contributed by atoms with Crippen molar-refractivity contribution >= 4 is 18.2 Å². The molecule has 1 aromatic rings. The van der Waals surface area contributed by atoms with E-state index in [1.165, 1.54) is 6.92 Å². The van der Waals surface area contributed by atoms with Gasteiger partial charge in [-0.05, 0) is 37.6 Å². The van der Waals surface area contributed by atoms with Gasteiger partial charge in [0, 0.05) is 5.56 Å². The number of aldehydes is 1. The zero-order valence-corrected chi connectivity index (χ0v) is 11.3. The van der Waals surface area contributed by atoms with Gasteiger partial charge in [0.2, 0.25) is 0 Å². The van der Waals surface area contributed by atoms with Gasteiger partial charge in [0.05, 0.1) is 0 Å². The van der Waals surface area contributed by atoms with Crippen LogP contribution in [0.5, 0.6) is 5.75 Å². The average molecular weight is 279 g/mol. The smallest absolute Gasteiger partial charge is 0.326 e. The highest BCUT2D eigenvalue weighted by molar-refractivity contribution is 5.86. The third-order valence-corrected chi connectivity index (χ3v) is 2.72. The molecule has 0 saturated carbocycles. The Hall–Kier alpha value is -2.37. The first-order valence-electron chi connectivity index (χ1n) is 6.23. The van der Waals surface area contributed by atoms with Gasteiger partial charge in [0.25, 0.3) is 5.91 Å². The molecule has 0 heterocycles. The van der Waals surface area contributed by atoms with Crippen molar-refractivity contribution in [1.82, 2.24) is 5.32 Å². The molecule has 0 spiro atoms. The third kappa shape index (κ3) is 4.38. The number of benzene rings is 1. The maximum absolute atomic E-state index is 11.8. The number of aliphatic carboxylic acids is 1. The molecule has 6 heteroatoms. The quantitative estimate of drug-likeness (QED) is 0.733. The van der Waals surface area contributed by atoms with Gasteiger partial charge in [-0.25, -0.2) is 4.79 Å². The molecule has 0 aliphatic heterocycles. The Morgan fingerprint density at radius 2 is 1.95 bits per heavy atom. The Morgan fingerprint density at radius 1 is 1.35 bits per heavy atom. The van der Waals surface area contributed by atoms with Gasteiger partial charge in [0.15, 0.2) is 6.10 Å². The Bertz CT molecular complexity index is 483. The number of hydrogen-bond acceptors (Lipinski definition) is 4. The van der Waals surface area contributed by atoms with Gasteiger partial charge in [-0.1, -0.05) is 6.92 Å². The van der Waals surface area contributed by atoms with E-state index < -0.39 is 24.0 Å². The molecule has 20 heavy (non-hydrogen) atoms. The number of rotatable bonds is 7. The minimum atomic E-state index is -1.08. The summed E-state index contributed by atoms with van der Waals surface area (Å²) in [5.74, 6) is -1.15. The van der Waals surface area contributed by atoms with E-state index >= 15 is 0 Å². The topological polar surface area (TPSA) is 92.7 Å². The van der Waals surface area contributed by atoms with Crippen LogP contribution in [0.25, 0.3) is 0 Å². The molecule has 108 valence electrons. The summed E-state index contributed by atoms with van der Waals surface area (Å²) in [5, 5.41) is 11.3. The van der Waals surface area contributed by atoms with Gasteiger partial charge in [0.1, 0.15) is 18.1 Å². The molecule has 2 unspecified atom stereocenters. The predicted octanol–water partition coefficient (Wildman–Crippen LogP) is 1.25. The van der Waals surface area contributed by atoms with Crippen LogP contribution in [0.3, 0.4) is 0 Å². The summed E-state index contributed by atoms with van der Waals surface area (Å²) in [6, 6.07) is 5.35. The van der Waals surface area contributed by atoms with E-state index in [0.29, 0.717) is 24.0 Å². The molecule has 2 N–H and O–H groups in total. The predicted molar refractivity (Wildman–Crippen MR) is 71.8 cm³/mol. The van der Waals surface area contributed by atoms with Gasteiger partial charge >= 0.3 is 5.97 Å². The van der Waals surface area contributed by atoms with Crippen molar-refractivity contribution in [3.05, 3.63) is 29.8 Å². The van der Waals surface area contributed by atoms with Crippen molar-refractivity contribution in [2.45, 2.75) is 32.4 Å². The highest BCUT2D eigenvalue weighted by atomic mass is 16.5. The fourth-order valence-electron chi connectivity index (χ4n) is 1.51. The lowest BCUT2D eigenvalue weighted by atomic mass is 10.2. The minimum Gasteiger partial charge on any atom is -0.481 e. The first-order valence-corrected chi connectivity index (χ1v) is 6.23. The fourth-order valence-corrected chi connectivity index (χ4v) is 1.51. The molecule has 0 bridgehead atoms. The molecule has 1 rings (SSSR count). The molecule has 6 nitrogen and oxygen atoms in total. The summed E-state index contributed by atoms with van der Waals surface area (Å²) in [4.78, 5) is 33.1. The van der Waals surface area contributed by atoms with Crippen LogP contribution in [0.4, 0.5) is 0 Å². The molecule has 0 fully saturated rings. The highest BCUT2D eigenvalue weighted by Crippen LogP contribution is 2.13. The van der Waals surface area contributed by atoms with E-state index in [0.717, 1.165) is 0 Å². The summed E-state index contributed by atoms with van der Waals surface area (Å²) < 4.78 is 5.38. The van der Waals surface area contributed by atoms with Crippen LogP contribution >= 0.6 is 0 Å². The van der Waals surface area contributed by atoms with Crippen LogP contribution < -0.4 is 10.1 Å². The highest BCUT2D eigenvalue weighted by Gasteiger charge is 2.22. The van der Waals surface area contributed by atoms with E-state index in [4.69, 9.17) is 9.84 Å². The van der Waals surface area contributed by atoms with Crippen LogP contribution in [-0.2, 0) is 9.59 Å². The minimum absolute atomic E-state index is 0.293. The normalized spacial score (nSPS) is 13.1. The third-order valence-electron chi connectivity index (χ3n) is 2.72. The van der Waals surface area contributed by atoms with Gasteiger partial charge in [-0.2, -0.15) is 0 Å². The van der Waals surface area contributed by atoms with Crippen LogP contribution in [0.2, 0.25) is 0 Å². The monoisotopic (exact) mass is 279 g/mol. The number of carboxylic acids is 1. The number of ether oxygens (including phenoxy) is 1. The molecule has 0 aliphatic carbocycles. The first kappa shape index (κ1) is 15.7. The summed E-state index contributed by atoms with van der Waals surface area (Å²) in [6.07, 6.45) is 0.172. The second-order valence-corrected chi connectivity index (χ2v) is 4.25. The molecule has 1 amide bonds. The largest absolute Gasteiger partial charge is 0.481 e. The standard InChI is InChI=1S/C14H17NO5/c1-3-12(14(18)19)15-13(17)9(2)20-11-6-4-10(8-16)5-7-11/h4-9,12H,3H2,1-2H3,(H,15,17)(H,18,19). The molecule has 2 atom stereocenters. The molecule has 1 aromatic carbocycles. The van der Waals surface area contributed by atoms with E-state index in [1.807, 2.05) is 0 Å². The number of hydrogen-bond donors (Lipinski definition) is 2. The zero-order valence-electron chi connectivity index (χ0n) is 11.3. The number of nitrogens with one attached hydrogen (secondary N) is 1. The zero-order chi connectivity index (χ0) is 15.1. The maximum atomic E-state index is 11.8. The van der Waals surface area contributed by atoms with E-state index in [-0.39, 0.29) is 0 Å². The van der Waals surface area contributed by atoms with Crippen molar-refractivity contribution in [1.29, 1.82) is 0 Å². The Labute approximate surface area is 116 Å². The van der Waals surface area contributed by atoms with Gasteiger partial charge in [-0.3, -0.25) is 9.59 Å². The lowest BCUT2D eigenvalue weighted by Crippen LogP contribution is -2.45. The molecule has 0 aromatic heterocycles. The second kappa shape index (κ2) is 7.28. The molecular formula is C14H17NO5. The lowest BCUT2D eigenvalue weighted by molar-refractivity contribution is -0.143. The van der Waals surface area contributed by atoms with Crippen LogP contribution in [0.15, 0.2) is 24.3 Å². The lowest BCUT2D eigenvalue weighted by Gasteiger charge is -2.17. The Balaban J connectivity index is 2.60. The summed E-state index contributed by atoms with van der Waals surface area (Å²) in [6.45, 7) is 3.19. The van der Waals surface area contributed by atoms with E-state index in [1.54, 1.807) is 31.2 Å². The number of amides is 1. The van der Waals surface area contributed by atoms with Gasteiger partial charge in [-0.15, -0.1) is 0 Å². The Kier molecular flexibility index (Phi) is 5.71.